The molecule has 0 saturated carbocycles. The van der Waals surface area contributed by atoms with Crippen LogP contribution in [0.3, 0.4) is 0 Å². The lowest BCUT2D eigenvalue weighted by molar-refractivity contribution is 0.315. The third kappa shape index (κ3) is 5.22. The summed E-state index contributed by atoms with van der Waals surface area (Å²) >= 11 is 6.36. The van der Waals surface area contributed by atoms with Crippen LogP contribution in [0.1, 0.15) is 18.4 Å². The van der Waals surface area contributed by atoms with Gasteiger partial charge in [-0.2, -0.15) is 25.3 Å². The number of hydrogen-bond donors (Lipinski definition) is 3. The van der Waals surface area contributed by atoms with Crippen molar-refractivity contribution in [2.75, 3.05) is 18.1 Å². The zero-order valence-electron chi connectivity index (χ0n) is 10.0. The largest absolute Gasteiger partial charge is 0.493 e. The Morgan fingerprint density at radius 1 is 1.22 bits per heavy atom. The van der Waals surface area contributed by atoms with Crippen LogP contribution in [-0.4, -0.2) is 26.9 Å². The average Bonchev–Trinajstić information content (AvgIpc) is 2.37. The molecule has 0 bridgehead atoms. The van der Waals surface area contributed by atoms with Gasteiger partial charge >= 0.3 is 0 Å². The molecule has 6 heteroatoms. The topological polar surface area (TPSA) is 46.5 Å². The predicted octanol–water partition coefficient (Wildman–Crippen LogP) is 2.83. The Hall–Kier alpha value is -0.170. The second kappa shape index (κ2) is 8.85. The van der Waals surface area contributed by atoms with E-state index in [9.17, 15) is 4.21 Å². The summed E-state index contributed by atoms with van der Waals surface area (Å²) in [4.78, 5) is 0.408. The SMILES string of the molecule is O=S(O)c1ccc(OCCCS)c(CCCS)c1. The smallest absolute Gasteiger partial charge is 0.186 e. The average molecular weight is 306 g/mol. The fourth-order valence-corrected chi connectivity index (χ4v) is 2.23. The van der Waals surface area contributed by atoms with Crippen LogP contribution in [0.25, 0.3) is 0 Å². The molecule has 3 nitrogen and oxygen atoms in total. The Morgan fingerprint density at radius 3 is 2.56 bits per heavy atom. The quantitative estimate of drug-likeness (QED) is 0.393. The summed E-state index contributed by atoms with van der Waals surface area (Å²) in [6.07, 6.45) is 2.58. The molecule has 0 heterocycles. The Morgan fingerprint density at radius 2 is 1.94 bits per heavy atom. The van der Waals surface area contributed by atoms with Crippen LogP contribution < -0.4 is 4.74 Å². The van der Waals surface area contributed by atoms with Gasteiger partial charge in [-0.3, -0.25) is 0 Å². The molecule has 1 atom stereocenters. The van der Waals surface area contributed by atoms with E-state index < -0.39 is 11.1 Å². The second-order valence-electron chi connectivity index (χ2n) is 3.77. The number of hydrogen-bond acceptors (Lipinski definition) is 4. The highest BCUT2D eigenvalue weighted by Crippen LogP contribution is 2.23. The van der Waals surface area contributed by atoms with E-state index in [-0.39, 0.29) is 0 Å². The van der Waals surface area contributed by atoms with Gasteiger partial charge in [0.05, 0.1) is 11.5 Å². The van der Waals surface area contributed by atoms with Crippen molar-refractivity contribution in [1.29, 1.82) is 0 Å². The molecular formula is C12H18O3S3. The van der Waals surface area contributed by atoms with Crippen LogP contribution >= 0.6 is 25.3 Å². The molecule has 0 amide bonds. The molecule has 1 aromatic rings. The Balaban J connectivity index is 2.82. The maximum Gasteiger partial charge on any atom is 0.186 e. The molecule has 1 N–H and O–H groups in total. The van der Waals surface area contributed by atoms with E-state index in [2.05, 4.69) is 25.3 Å². The fourth-order valence-electron chi connectivity index (χ4n) is 1.52. The highest BCUT2D eigenvalue weighted by molar-refractivity contribution is 7.80. The third-order valence-corrected chi connectivity index (χ3v) is 3.69. The highest BCUT2D eigenvalue weighted by atomic mass is 32.2. The molecule has 0 aromatic heterocycles. The van der Waals surface area contributed by atoms with E-state index in [1.807, 2.05) is 0 Å². The monoisotopic (exact) mass is 306 g/mol. The normalized spacial score (nSPS) is 12.4. The first-order chi connectivity index (χ1) is 8.69. The highest BCUT2D eigenvalue weighted by Gasteiger charge is 2.08. The fraction of sp³-hybridized carbons (Fsp3) is 0.500. The molecule has 0 fully saturated rings. The lowest BCUT2D eigenvalue weighted by atomic mass is 10.1. The van der Waals surface area contributed by atoms with Gasteiger partial charge in [-0.25, -0.2) is 4.21 Å². The molecule has 18 heavy (non-hydrogen) atoms. The van der Waals surface area contributed by atoms with E-state index in [0.29, 0.717) is 11.5 Å². The van der Waals surface area contributed by atoms with E-state index in [0.717, 1.165) is 42.1 Å². The first-order valence-electron chi connectivity index (χ1n) is 5.77. The van der Waals surface area contributed by atoms with Crippen molar-refractivity contribution in [2.45, 2.75) is 24.2 Å². The molecule has 102 valence electrons. The van der Waals surface area contributed by atoms with Gasteiger partial charge in [0.2, 0.25) is 0 Å². The minimum absolute atomic E-state index is 0.408. The van der Waals surface area contributed by atoms with Gasteiger partial charge in [0, 0.05) is 0 Å². The van der Waals surface area contributed by atoms with Crippen LogP contribution in [0.4, 0.5) is 0 Å². The van der Waals surface area contributed by atoms with Gasteiger partial charge in [-0.05, 0) is 54.5 Å². The van der Waals surface area contributed by atoms with Crippen molar-refractivity contribution in [3.8, 4) is 5.75 Å². The van der Waals surface area contributed by atoms with Gasteiger partial charge in [0.1, 0.15) is 5.75 Å². The van der Waals surface area contributed by atoms with Gasteiger partial charge in [-0.15, -0.1) is 0 Å². The molecule has 0 aliphatic carbocycles. The maximum atomic E-state index is 11.0. The van der Waals surface area contributed by atoms with Crippen molar-refractivity contribution in [2.24, 2.45) is 0 Å². The molecule has 1 unspecified atom stereocenters. The number of ether oxygens (including phenoxy) is 1. The van der Waals surface area contributed by atoms with Crippen molar-refractivity contribution >= 4 is 36.3 Å². The molecule has 1 rings (SSSR count). The van der Waals surface area contributed by atoms with Gasteiger partial charge in [0.25, 0.3) is 0 Å². The zero-order chi connectivity index (χ0) is 13.4. The number of benzene rings is 1. The van der Waals surface area contributed by atoms with Crippen molar-refractivity contribution < 1.29 is 13.5 Å². The Labute approximate surface area is 121 Å². The van der Waals surface area contributed by atoms with Crippen LogP contribution in [0.15, 0.2) is 23.1 Å². The van der Waals surface area contributed by atoms with Crippen LogP contribution in [0.5, 0.6) is 5.75 Å². The van der Waals surface area contributed by atoms with Crippen LogP contribution in [0.2, 0.25) is 0 Å². The Bertz CT molecular complexity index is 396. The number of rotatable bonds is 8. The summed E-state index contributed by atoms with van der Waals surface area (Å²) in [7, 11) is 0. The summed E-state index contributed by atoms with van der Waals surface area (Å²) in [6.45, 7) is 0.610. The number of aryl methyl sites for hydroxylation is 1. The molecule has 0 aliphatic rings. The molecule has 0 radical (unpaired) electrons. The van der Waals surface area contributed by atoms with Gasteiger partial charge in [-0.1, -0.05) is 0 Å². The van der Waals surface area contributed by atoms with Crippen LogP contribution in [0, 0.1) is 0 Å². The van der Waals surface area contributed by atoms with E-state index >= 15 is 0 Å². The summed E-state index contributed by atoms with van der Waals surface area (Å²) in [6, 6.07) is 5.11. The van der Waals surface area contributed by atoms with E-state index in [1.54, 1.807) is 18.2 Å². The van der Waals surface area contributed by atoms with Crippen molar-refractivity contribution in [3.05, 3.63) is 23.8 Å². The standard InChI is InChI=1S/C12H18O3S3/c13-18(14)11-4-5-12(15-6-2-8-17)10(9-11)3-1-7-16/h4-5,9,16-17H,1-3,6-8H2,(H,13,14). The summed E-state index contributed by atoms with van der Waals surface area (Å²) in [5.74, 6) is 2.35. The molecule has 1 aromatic carbocycles. The van der Waals surface area contributed by atoms with E-state index in [4.69, 9.17) is 9.29 Å². The van der Waals surface area contributed by atoms with Crippen molar-refractivity contribution in [1.82, 2.24) is 0 Å². The lowest BCUT2D eigenvalue weighted by Crippen LogP contribution is -2.02. The summed E-state index contributed by atoms with van der Waals surface area (Å²) in [5, 5.41) is 0. The molecular weight excluding hydrogens is 288 g/mol. The van der Waals surface area contributed by atoms with Gasteiger partial charge in [0.15, 0.2) is 11.1 Å². The number of thiol groups is 2. The third-order valence-electron chi connectivity index (χ3n) is 2.40. The predicted molar refractivity (Wildman–Crippen MR) is 81.6 cm³/mol. The minimum Gasteiger partial charge on any atom is -0.493 e. The van der Waals surface area contributed by atoms with Crippen molar-refractivity contribution in [3.63, 3.8) is 0 Å². The first kappa shape index (κ1) is 15.9. The first-order valence-corrected chi connectivity index (χ1v) is 8.14. The van der Waals surface area contributed by atoms with E-state index in [1.165, 1.54) is 0 Å². The van der Waals surface area contributed by atoms with Crippen LogP contribution in [-0.2, 0) is 17.5 Å². The molecule has 0 aliphatic heterocycles. The summed E-state index contributed by atoms with van der Waals surface area (Å²) < 4.78 is 25.8. The lowest BCUT2D eigenvalue weighted by Gasteiger charge is -2.12. The molecule has 0 spiro atoms. The maximum absolute atomic E-state index is 11.0. The minimum atomic E-state index is -1.95. The molecule has 0 saturated heterocycles. The van der Waals surface area contributed by atoms with Gasteiger partial charge < -0.3 is 9.29 Å². The Kier molecular flexibility index (Phi) is 7.81. The zero-order valence-corrected chi connectivity index (χ0v) is 12.6. The second-order valence-corrected chi connectivity index (χ2v) is 5.64. The summed E-state index contributed by atoms with van der Waals surface area (Å²) in [5.41, 5.74) is 0.961.